The Bertz CT molecular complexity index is 1300. The molecule has 1 aliphatic heterocycles. The van der Waals surface area contributed by atoms with Crippen LogP contribution in [0.25, 0.3) is 6.08 Å². The highest BCUT2D eigenvalue weighted by molar-refractivity contribution is 9.10. The zero-order valence-corrected chi connectivity index (χ0v) is 19.6. The van der Waals surface area contributed by atoms with Crippen molar-refractivity contribution in [3.05, 3.63) is 99.2 Å². The normalized spacial score (nSPS) is 14.5. The largest absolute Gasteiger partial charge is 0.493 e. The number of carbonyl (C=O) groups is 2. The minimum Gasteiger partial charge on any atom is -0.493 e. The summed E-state index contributed by atoms with van der Waals surface area (Å²) in [4.78, 5) is 26.1. The maximum absolute atomic E-state index is 14.0. The van der Waals surface area contributed by atoms with Crippen LogP contribution in [0.15, 0.2) is 70.8 Å². The minimum atomic E-state index is -0.646. The molecule has 0 unspecified atom stereocenters. The molecule has 0 aromatic heterocycles. The fourth-order valence-electron chi connectivity index (χ4n) is 3.37. The van der Waals surface area contributed by atoms with Crippen LogP contribution in [0.2, 0.25) is 0 Å². The molecule has 4 rings (SSSR count). The van der Waals surface area contributed by atoms with Crippen LogP contribution in [0.3, 0.4) is 0 Å². The van der Waals surface area contributed by atoms with Crippen molar-refractivity contribution in [2.24, 2.45) is 0 Å². The van der Waals surface area contributed by atoms with Gasteiger partial charge in [0.1, 0.15) is 23.9 Å². The van der Waals surface area contributed by atoms with Gasteiger partial charge in [0.15, 0.2) is 11.5 Å². The first-order valence-corrected chi connectivity index (χ1v) is 11.0. The van der Waals surface area contributed by atoms with Gasteiger partial charge in [-0.2, -0.15) is 0 Å². The Morgan fingerprint density at radius 2 is 1.62 bits per heavy atom. The van der Waals surface area contributed by atoms with Crippen LogP contribution in [0.1, 0.15) is 16.7 Å². The lowest BCUT2D eigenvalue weighted by Gasteiger charge is -2.13. The van der Waals surface area contributed by atoms with Gasteiger partial charge in [-0.15, -0.1) is 0 Å². The van der Waals surface area contributed by atoms with Crippen molar-refractivity contribution < 1.29 is 27.8 Å². The maximum atomic E-state index is 14.0. The summed E-state index contributed by atoms with van der Waals surface area (Å²) in [6, 6.07) is 14.8. The van der Waals surface area contributed by atoms with Gasteiger partial charge in [-0.25, -0.2) is 13.6 Å². The first-order chi connectivity index (χ1) is 16.4. The molecule has 1 fully saturated rings. The van der Waals surface area contributed by atoms with E-state index in [1.165, 1.54) is 37.5 Å². The van der Waals surface area contributed by atoms with Gasteiger partial charge >= 0.3 is 6.03 Å². The molecule has 1 aliphatic rings. The molecular formula is C25H19BrF2N2O4. The zero-order valence-electron chi connectivity index (χ0n) is 18.0. The molecule has 3 amide bonds. The number of amides is 3. The van der Waals surface area contributed by atoms with Crippen molar-refractivity contribution in [2.45, 2.75) is 13.2 Å². The zero-order chi connectivity index (χ0) is 24.2. The topological polar surface area (TPSA) is 67.9 Å². The molecule has 0 bridgehead atoms. The highest BCUT2D eigenvalue weighted by Crippen LogP contribution is 2.35. The predicted octanol–water partition coefficient (Wildman–Crippen LogP) is 5.41. The number of urea groups is 1. The Hall–Kier alpha value is -3.72. The Morgan fingerprint density at radius 1 is 0.971 bits per heavy atom. The highest BCUT2D eigenvalue weighted by atomic mass is 79.9. The van der Waals surface area contributed by atoms with Gasteiger partial charge in [0, 0.05) is 15.6 Å². The number of nitrogens with zero attached hydrogens (tertiary/aromatic N) is 1. The van der Waals surface area contributed by atoms with Crippen molar-refractivity contribution in [3.8, 4) is 11.5 Å². The second kappa shape index (κ2) is 10.0. The van der Waals surface area contributed by atoms with E-state index in [1.54, 1.807) is 36.4 Å². The lowest BCUT2D eigenvalue weighted by Crippen LogP contribution is -2.30. The van der Waals surface area contributed by atoms with Crippen LogP contribution in [0, 0.1) is 11.6 Å². The average molecular weight is 529 g/mol. The second-order valence-electron chi connectivity index (χ2n) is 7.38. The van der Waals surface area contributed by atoms with Crippen molar-refractivity contribution >= 4 is 33.9 Å². The highest BCUT2D eigenvalue weighted by Gasteiger charge is 2.34. The molecule has 1 N–H and O–H groups in total. The molecule has 0 spiro atoms. The number of halogens is 3. The molecule has 6 nitrogen and oxygen atoms in total. The molecule has 1 saturated heterocycles. The summed E-state index contributed by atoms with van der Waals surface area (Å²) in [7, 11) is 1.45. The third-order valence-electron chi connectivity index (χ3n) is 5.17. The molecule has 0 aliphatic carbocycles. The number of benzene rings is 3. The van der Waals surface area contributed by atoms with Gasteiger partial charge < -0.3 is 14.8 Å². The molecule has 0 atom stereocenters. The van der Waals surface area contributed by atoms with E-state index in [-0.39, 0.29) is 30.2 Å². The van der Waals surface area contributed by atoms with Crippen LogP contribution >= 0.6 is 15.9 Å². The summed E-state index contributed by atoms with van der Waals surface area (Å²) in [6.45, 7) is -0.197. The van der Waals surface area contributed by atoms with Gasteiger partial charge in [0.2, 0.25) is 0 Å². The molecule has 0 saturated carbocycles. The van der Waals surface area contributed by atoms with Crippen LogP contribution in [-0.4, -0.2) is 23.9 Å². The number of carbonyl (C=O) groups excluding carboxylic acids is 2. The van der Waals surface area contributed by atoms with E-state index in [4.69, 9.17) is 9.47 Å². The van der Waals surface area contributed by atoms with E-state index in [1.807, 2.05) is 0 Å². The van der Waals surface area contributed by atoms with Crippen LogP contribution in [-0.2, 0) is 17.9 Å². The van der Waals surface area contributed by atoms with E-state index in [9.17, 15) is 18.4 Å². The molecule has 9 heteroatoms. The van der Waals surface area contributed by atoms with Crippen LogP contribution in [0.4, 0.5) is 13.6 Å². The van der Waals surface area contributed by atoms with Crippen molar-refractivity contribution in [3.63, 3.8) is 0 Å². The number of ether oxygens (including phenoxy) is 2. The Kier molecular flexibility index (Phi) is 6.93. The molecule has 0 radical (unpaired) electrons. The number of hydrogen-bond donors (Lipinski definition) is 1. The van der Waals surface area contributed by atoms with E-state index in [0.29, 0.717) is 27.1 Å². The quantitative estimate of drug-likeness (QED) is 0.329. The van der Waals surface area contributed by atoms with Gasteiger partial charge in [-0.3, -0.25) is 9.69 Å². The molecule has 3 aromatic rings. The van der Waals surface area contributed by atoms with E-state index >= 15 is 0 Å². The van der Waals surface area contributed by atoms with Gasteiger partial charge in [0.25, 0.3) is 5.91 Å². The number of methoxy groups -OCH3 is 1. The fourth-order valence-corrected chi connectivity index (χ4v) is 3.81. The third kappa shape index (κ3) is 4.94. The van der Waals surface area contributed by atoms with Gasteiger partial charge in [-0.05, 0) is 35.9 Å². The summed E-state index contributed by atoms with van der Waals surface area (Å²) < 4.78 is 39.5. The second-order valence-corrected chi connectivity index (χ2v) is 8.23. The number of imide groups is 1. The summed E-state index contributed by atoms with van der Waals surface area (Å²) in [5.41, 5.74) is 1.18. The van der Waals surface area contributed by atoms with E-state index in [2.05, 4.69) is 21.2 Å². The molecule has 1 heterocycles. The SMILES string of the molecule is COc1cc(/C=C2/NC(=O)N(Cc3ccccc3F)C2=O)c(Br)cc1OCc1ccccc1F. The summed E-state index contributed by atoms with van der Waals surface area (Å²) in [6.07, 6.45) is 1.48. The number of hydrogen-bond acceptors (Lipinski definition) is 4. The van der Waals surface area contributed by atoms with E-state index < -0.39 is 17.8 Å². The first-order valence-electron chi connectivity index (χ1n) is 10.2. The molecule has 34 heavy (non-hydrogen) atoms. The number of nitrogens with one attached hydrogen (secondary N) is 1. The molecule has 3 aromatic carbocycles. The standard InChI is InChI=1S/C25H19BrF2N2O4/c1-33-22-11-17(18(26)12-23(22)34-14-16-7-3-5-9-20(16)28)10-21-24(31)30(25(32)29-21)13-15-6-2-4-8-19(15)27/h2-12H,13-14H2,1H3,(H,29,32)/b21-10+. The van der Waals surface area contributed by atoms with Gasteiger partial charge in [-0.1, -0.05) is 52.3 Å². The Labute approximate surface area is 202 Å². The molecular weight excluding hydrogens is 510 g/mol. The van der Waals surface area contributed by atoms with Gasteiger partial charge in [0.05, 0.1) is 13.7 Å². The summed E-state index contributed by atoms with van der Waals surface area (Å²) >= 11 is 3.43. The minimum absolute atomic E-state index is 0.00451. The lowest BCUT2D eigenvalue weighted by atomic mass is 10.1. The van der Waals surface area contributed by atoms with Crippen molar-refractivity contribution in [1.82, 2.24) is 10.2 Å². The predicted molar refractivity (Wildman–Crippen MR) is 125 cm³/mol. The monoisotopic (exact) mass is 528 g/mol. The van der Waals surface area contributed by atoms with E-state index in [0.717, 1.165) is 4.90 Å². The summed E-state index contributed by atoms with van der Waals surface area (Å²) in [5.74, 6) is -0.746. The smallest absolute Gasteiger partial charge is 0.329 e. The first kappa shape index (κ1) is 23.4. The summed E-state index contributed by atoms with van der Waals surface area (Å²) in [5, 5.41) is 2.52. The van der Waals surface area contributed by atoms with Crippen LogP contribution in [0.5, 0.6) is 11.5 Å². The Morgan fingerprint density at radius 3 is 2.26 bits per heavy atom. The maximum Gasteiger partial charge on any atom is 0.329 e. The average Bonchev–Trinajstić information content (AvgIpc) is 3.08. The number of rotatable bonds is 7. The third-order valence-corrected chi connectivity index (χ3v) is 5.86. The lowest BCUT2D eigenvalue weighted by molar-refractivity contribution is -0.123. The van der Waals surface area contributed by atoms with Crippen molar-refractivity contribution in [1.29, 1.82) is 0 Å². The van der Waals surface area contributed by atoms with Crippen LogP contribution < -0.4 is 14.8 Å². The Balaban J connectivity index is 1.55. The molecule has 174 valence electrons. The van der Waals surface area contributed by atoms with Crippen molar-refractivity contribution in [2.75, 3.05) is 7.11 Å². The fraction of sp³-hybridized carbons (Fsp3) is 0.120.